The van der Waals surface area contributed by atoms with E-state index in [-0.39, 0.29) is 47.0 Å². The summed E-state index contributed by atoms with van der Waals surface area (Å²) in [5, 5.41) is 2.97. The number of benzene rings is 3. The summed E-state index contributed by atoms with van der Waals surface area (Å²) in [5.74, 6) is 0.729. The molecule has 0 aliphatic heterocycles. The first-order valence-electron chi connectivity index (χ1n) is 15.2. The Morgan fingerprint density at radius 1 is 0.745 bits per heavy atom. The first kappa shape index (κ1) is 36.8. The normalized spacial score (nSPS) is 12.3. The Bertz CT molecular complexity index is 1610. The zero-order valence-electron chi connectivity index (χ0n) is 28.2. The van der Waals surface area contributed by atoms with Crippen LogP contribution in [0.4, 0.5) is 5.69 Å². The molecule has 47 heavy (non-hydrogen) atoms. The molecule has 1 N–H and O–H groups in total. The molecule has 0 spiro atoms. The van der Waals surface area contributed by atoms with Gasteiger partial charge in [-0.2, -0.15) is 0 Å². The average Bonchev–Trinajstić information content (AvgIpc) is 3.09. The molecule has 0 heterocycles. The van der Waals surface area contributed by atoms with Crippen LogP contribution in [0, 0.1) is 0 Å². The Balaban J connectivity index is 2.19. The summed E-state index contributed by atoms with van der Waals surface area (Å²) in [4.78, 5) is 29.3. The van der Waals surface area contributed by atoms with Gasteiger partial charge < -0.3 is 33.9 Å². The molecule has 0 aromatic heterocycles. The van der Waals surface area contributed by atoms with Crippen molar-refractivity contribution in [2.45, 2.75) is 57.1 Å². The van der Waals surface area contributed by atoms with Crippen molar-refractivity contribution in [3.63, 3.8) is 0 Å². The zero-order valence-corrected chi connectivity index (χ0v) is 29.1. The standard InChI is InChI=1S/C34H45N3O9S/c1-9-23(3)35-34(39)28(10-2)36(21-24-11-13-25(42-4)14-12-24)33(38)22-37(29-19-26(43-5)15-17-30(29)44-6)47(40,41)27-16-18-31(45-7)32(20-27)46-8/h11-20,23,28H,9-10,21-22H2,1-8H3,(H,35,39)/t23-,28+/m1/s1. The van der Waals surface area contributed by atoms with Crippen molar-refractivity contribution < 1.29 is 41.7 Å². The Kier molecular flexibility index (Phi) is 13.1. The van der Waals surface area contributed by atoms with Crippen LogP contribution in [-0.4, -0.2) is 79.3 Å². The Morgan fingerprint density at radius 3 is 1.89 bits per heavy atom. The number of carbonyl (C=O) groups is 2. The minimum absolute atomic E-state index is 0.0365. The lowest BCUT2D eigenvalue weighted by Crippen LogP contribution is -2.53. The van der Waals surface area contributed by atoms with Gasteiger partial charge in [-0.1, -0.05) is 26.0 Å². The SMILES string of the molecule is CC[C@@H](C)NC(=O)[C@H](CC)N(Cc1ccc(OC)cc1)C(=O)CN(c1cc(OC)ccc1OC)S(=O)(=O)c1ccc(OC)c(OC)c1. The molecule has 0 bridgehead atoms. The highest BCUT2D eigenvalue weighted by Gasteiger charge is 2.35. The van der Waals surface area contributed by atoms with Crippen molar-refractivity contribution in [2.24, 2.45) is 0 Å². The number of methoxy groups -OCH3 is 5. The quantitative estimate of drug-likeness (QED) is 0.218. The Hall–Kier alpha value is -4.65. The fourth-order valence-electron chi connectivity index (χ4n) is 4.90. The molecule has 3 rings (SSSR count). The molecular formula is C34H45N3O9S. The molecule has 0 radical (unpaired) electrons. The van der Waals surface area contributed by atoms with Gasteiger partial charge in [0.05, 0.1) is 46.1 Å². The average molecular weight is 672 g/mol. The fraction of sp³-hybridized carbons (Fsp3) is 0.412. The van der Waals surface area contributed by atoms with E-state index < -0.39 is 28.5 Å². The first-order chi connectivity index (χ1) is 22.5. The van der Waals surface area contributed by atoms with E-state index in [0.717, 1.165) is 9.87 Å². The molecule has 2 amide bonds. The number of sulfonamides is 1. The molecule has 3 aromatic rings. The number of ether oxygens (including phenoxy) is 5. The van der Waals surface area contributed by atoms with Crippen molar-refractivity contribution in [1.29, 1.82) is 0 Å². The second-order valence-electron chi connectivity index (χ2n) is 10.7. The zero-order chi connectivity index (χ0) is 34.7. The highest BCUT2D eigenvalue weighted by Crippen LogP contribution is 2.38. The number of amides is 2. The van der Waals surface area contributed by atoms with E-state index in [1.54, 1.807) is 50.4 Å². The van der Waals surface area contributed by atoms with Gasteiger partial charge in [0.1, 0.15) is 29.8 Å². The maximum atomic E-state index is 14.5. The van der Waals surface area contributed by atoms with Gasteiger partial charge in [0.2, 0.25) is 11.8 Å². The fourth-order valence-corrected chi connectivity index (χ4v) is 6.33. The molecule has 3 aromatic carbocycles. The smallest absolute Gasteiger partial charge is 0.265 e. The minimum Gasteiger partial charge on any atom is -0.497 e. The van der Waals surface area contributed by atoms with Gasteiger partial charge in [-0.05, 0) is 61.7 Å². The lowest BCUT2D eigenvalue weighted by molar-refractivity contribution is -0.140. The summed E-state index contributed by atoms with van der Waals surface area (Å²) < 4.78 is 56.8. The largest absolute Gasteiger partial charge is 0.497 e. The van der Waals surface area contributed by atoms with Crippen LogP contribution >= 0.6 is 0 Å². The number of hydrogen-bond donors (Lipinski definition) is 1. The summed E-state index contributed by atoms with van der Waals surface area (Å²) in [6.45, 7) is 5.01. The molecule has 0 saturated heterocycles. The Labute approximate surface area is 277 Å². The molecule has 0 fully saturated rings. The topological polar surface area (TPSA) is 133 Å². The van der Waals surface area contributed by atoms with Gasteiger partial charge in [0, 0.05) is 24.7 Å². The summed E-state index contributed by atoms with van der Waals surface area (Å²) >= 11 is 0. The summed E-state index contributed by atoms with van der Waals surface area (Å²) in [7, 11) is 2.78. The monoisotopic (exact) mass is 671 g/mol. The van der Waals surface area contributed by atoms with Gasteiger partial charge in [-0.3, -0.25) is 13.9 Å². The third-order valence-electron chi connectivity index (χ3n) is 7.78. The van der Waals surface area contributed by atoms with E-state index in [0.29, 0.717) is 23.7 Å². The summed E-state index contributed by atoms with van der Waals surface area (Å²) in [6, 6.07) is 14.9. The number of nitrogens with zero attached hydrogens (tertiary/aromatic N) is 2. The maximum Gasteiger partial charge on any atom is 0.265 e. The third-order valence-corrected chi connectivity index (χ3v) is 9.53. The minimum atomic E-state index is -4.46. The summed E-state index contributed by atoms with van der Waals surface area (Å²) in [6.07, 6.45) is 0.983. The van der Waals surface area contributed by atoms with E-state index in [2.05, 4.69) is 5.32 Å². The molecule has 256 valence electrons. The molecular weight excluding hydrogens is 626 g/mol. The lowest BCUT2D eigenvalue weighted by atomic mass is 10.1. The Morgan fingerprint density at radius 2 is 1.34 bits per heavy atom. The van der Waals surface area contributed by atoms with Gasteiger partial charge in [0.15, 0.2) is 11.5 Å². The van der Waals surface area contributed by atoms with Crippen LogP contribution in [0.3, 0.4) is 0 Å². The number of carbonyl (C=O) groups excluding carboxylic acids is 2. The van der Waals surface area contributed by atoms with Crippen LogP contribution in [0.2, 0.25) is 0 Å². The van der Waals surface area contributed by atoms with Crippen LogP contribution in [0.1, 0.15) is 39.2 Å². The molecule has 0 unspecified atom stereocenters. The molecule has 13 heteroatoms. The molecule has 12 nitrogen and oxygen atoms in total. The van der Waals surface area contributed by atoms with Crippen molar-refractivity contribution in [1.82, 2.24) is 10.2 Å². The van der Waals surface area contributed by atoms with Gasteiger partial charge in [-0.15, -0.1) is 0 Å². The first-order valence-corrected chi connectivity index (χ1v) is 16.6. The molecule has 0 aliphatic rings. The van der Waals surface area contributed by atoms with E-state index in [1.807, 2.05) is 13.8 Å². The number of nitrogens with one attached hydrogen (secondary N) is 1. The van der Waals surface area contributed by atoms with Crippen LogP contribution in [0.25, 0.3) is 0 Å². The maximum absolute atomic E-state index is 14.5. The van der Waals surface area contributed by atoms with Crippen LogP contribution < -0.4 is 33.3 Å². The number of rotatable bonds is 17. The van der Waals surface area contributed by atoms with E-state index >= 15 is 0 Å². The molecule has 2 atom stereocenters. The second kappa shape index (κ2) is 16.8. The van der Waals surface area contributed by atoms with Gasteiger partial charge >= 0.3 is 0 Å². The summed E-state index contributed by atoms with van der Waals surface area (Å²) in [5.41, 5.74) is 0.790. The predicted molar refractivity (Wildman–Crippen MR) is 179 cm³/mol. The number of hydrogen-bond acceptors (Lipinski definition) is 9. The van der Waals surface area contributed by atoms with E-state index in [9.17, 15) is 18.0 Å². The highest BCUT2D eigenvalue weighted by atomic mass is 32.2. The van der Waals surface area contributed by atoms with Gasteiger partial charge in [0.25, 0.3) is 10.0 Å². The van der Waals surface area contributed by atoms with E-state index in [4.69, 9.17) is 23.7 Å². The van der Waals surface area contributed by atoms with Crippen molar-refractivity contribution in [2.75, 3.05) is 46.4 Å². The van der Waals surface area contributed by atoms with Crippen molar-refractivity contribution in [3.8, 4) is 28.7 Å². The third kappa shape index (κ3) is 8.79. The molecule has 0 aliphatic carbocycles. The van der Waals surface area contributed by atoms with Crippen LogP contribution in [0.5, 0.6) is 28.7 Å². The van der Waals surface area contributed by atoms with Crippen LogP contribution in [-0.2, 0) is 26.2 Å². The predicted octanol–water partition coefficient (Wildman–Crippen LogP) is 4.65. The van der Waals surface area contributed by atoms with Crippen molar-refractivity contribution >= 4 is 27.5 Å². The number of anilines is 1. The lowest BCUT2D eigenvalue weighted by Gasteiger charge is -2.34. The van der Waals surface area contributed by atoms with E-state index in [1.165, 1.54) is 57.6 Å². The van der Waals surface area contributed by atoms with Crippen molar-refractivity contribution in [3.05, 3.63) is 66.2 Å². The second-order valence-corrected chi connectivity index (χ2v) is 12.5. The van der Waals surface area contributed by atoms with Gasteiger partial charge in [-0.25, -0.2) is 8.42 Å². The van der Waals surface area contributed by atoms with Crippen LogP contribution in [0.15, 0.2) is 65.6 Å². The highest BCUT2D eigenvalue weighted by molar-refractivity contribution is 7.92. The molecule has 0 saturated carbocycles.